The average Bonchev–Trinajstić information content (AvgIpc) is 3.76. The highest BCUT2D eigenvalue weighted by Crippen LogP contribution is 2.31. The lowest BCUT2D eigenvalue weighted by molar-refractivity contribution is -0.115. The Morgan fingerprint density at radius 1 is 0.875 bits per heavy atom. The smallest absolute Gasteiger partial charge is 0.193 e. The molecule has 1 heterocycles. The van der Waals surface area contributed by atoms with Gasteiger partial charge in [0.1, 0.15) is 5.78 Å². The quantitative estimate of drug-likeness (QED) is 0.157. The maximum Gasteiger partial charge on any atom is 0.193 e. The van der Waals surface area contributed by atoms with Crippen LogP contribution in [0.25, 0.3) is 21.8 Å². The average molecular weight is 532 g/mol. The standard InChI is InChI=1S/C25H19N2O.C5H4O.C3H6O.C2H6/c1-3-4-14-27-23-12-10-19(17(2)26)15-21(23)22-16-20(11-13-24(22)27)25(28)18-8-6-5-7-9-18;1-4(6)5-2-3-5;1-3(2)4;1-2/h1,4-13,15-16,26H,14H2,2H3;2-3H,1H2;1-2H3;1-2H3. The third kappa shape index (κ3) is 8.45. The van der Waals surface area contributed by atoms with Crippen molar-refractivity contribution in [1.29, 1.82) is 5.41 Å². The fraction of sp³-hybridized carbons (Fsp3) is 0.171. The summed E-state index contributed by atoms with van der Waals surface area (Å²) in [6, 6.07) is 21.1. The first-order valence-electron chi connectivity index (χ1n) is 13.0. The molecule has 1 aliphatic rings. The number of ketones is 3. The second-order valence-corrected chi connectivity index (χ2v) is 8.89. The summed E-state index contributed by atoms with van der Waals surface area (Å²) in [5.41, 5.74) is 8.09. The van der Waals surface area contributed by atoms with Crippen molar-refractivity contribution in [2.75, 3.05) is 0 Å². The van der Waals surface area contributed by atoms with Gasteiger partial charge in [-0.1, -0.05) is 56.3 Å². The second-order valence-electron chi connectivity index (χ2n) is 8.89. The Balaban J connectivity index is 0.000000392. The van der Waals surface area contributed by atoms with Crippen LogP contribution in [0.4, 0.5) is 0 Å². The van der Waals surface area contributed by atoms with E-state index in [9.17, 15) is 14.4 Å². The predicted octanol–water partition coefficient (Wildman–Crippen LogP) is 7.71. The van der Waals surface area contributed by atoms with Gasteiger partial charge in [0.15, 0.2) is 11.6 Å². The fourth-order valence-electron chi connectivity index (χ4n) is 3.80. The van der Waals surface area contributed by atoms with E-state index in [2.05, 4.69) is 17.2 Å². The van der Waals surface area contributed by atoms with Crippen LogP contribution < -0.4 is 0 Å². The van der Waals surface area contributed by atoms with Gasteiger partial charge in [-0.05, 0) is 74.9 Å². The molecule has 4 aromatic rings. The number of benzene rings is 3. The Kier molecular flexibility index (Phi) is 11.9. The molecule has 203 valence electrons. The van der Waals surface area contributed by atoms with E-state index in [4.69, 9.17) is 12.0 Å². The Hall–Kier alpha value is -4.60. The van der Waals surface area contributed by atoms with Crippen LogP contribution in [0.1, 0.15) is 56.1 Å². The lowest BCUT2D eigenvalue weighted by Gasteiger charge is -2.05. The SMILES string of the molecule is CC.CC(C)=O.[CH2]C(=O)C1=C[CH]1.[CH]=C=CCn1c2ccc(C(C)=N)cc2c2cc(C(=O)c3ccccc3)ccc21. The van der Waals surface area contributed by atoms with Crippen LogP contribution in [0.2, 0.25) is 0 Å². The minimum Gasteiger partial charge on any atom is -0.336 e. The molecule has 0 fully saturated rings. The van der Waals surface area contributed by atoms with Gasteiger partial charge < -0.3 is 14.8 Å². The molecule has 0 bridgehead atoms. The topological polar surface area (TPSA) is 80.0 Å². The highest BCUT2D eigenvalue weighted by molar-refractivity contribution is 6.15. The molecule has 0 saturated heterocycles. The van der Waals surface area contributed by atoms with E-state index in [0.717, 1.165) is 32.9 Å². The van der Waals surface area contributed by atoms with Crippen molar-refractivity contribution in [3.8, 4) is 0 Å². The molecule has 0 saturated carbocycles. The van der Waals surface area contributed by atoms with Crippen LogP contribution in [0.15, 0.2) is 90.2 Å². The molecule has 5 heteroatoms. The Morgan fingerprint density at radius 2 is 1.38 bits per heavy atom. The highest BCUT2D eigenvalue weighted by atomic mass is 16.1. The van der Waals surface area contributed by atoms with Crippen LogP contribution in [0, 0.1) is 25.3 Å². The van der Waals surface area contributed by atoms with Crippen LogP contribution in [-0.2, 0) is 16.1 Å². The number of nitrogens with zero attached hydrogens (tertiary/aromatic N) is 1. The van der Waals surface area contributed by atoms with E-state index in [1.807, 2.05) is 80.6 Å². The van der Waals surface area contributed by atoms with E-state index in [-0.39, 0.29) is 17.3 Å². The van der Waals surface area contributed by atoms with Gasteiger partial charge in [-0.2, -0.15) is 0 Å². The molecule has 0 spiro atoms. The largest absolute Gasteiger partial charge is 0.336 e. The lowest BCUT2D eigenvalue weighted by atomic mass is 10.0. The molecule has 40 heavy (non-hydrogen) atoms. The van der Waals surface area contributed by atoms with Gasteiger partial charge in [0.2, 0.25) is 0 Å². The van der Waals surface area contributed by atoms with Crippen molar-refractivity contribution in [1.82, 2.24) is 4.57 Å². The summed E-state index contributed by atoms with van der Waals surface area (Å²) in [5, 5.41) is 9.98. The van der Waals surface area contributed by atoms with E-state index < -0.39 is 0 Å². The normalized spacial score (nSPS) is 10.8. The lowest BCUT2D eigenvalue weighted by Crippen LogP contribution is -2.01. The Bertz CT molecular complexity index is 1610. The van der Waals surface area contributed by atoms with Gasteiger partial charge in [0, 0.05) is 58.5 Å². The number of Topliss-reactive ketones (excluding diaryl/α,β-unsaturated/α-hetero) is 2. The molecule has 0 atom stereocenters. The highest BCUT2D eigenvalue weighted by Gasteiger charge is 2.15. The number of carbonyl (C=O) groups is 3. The summed E-state index contributed by atoms with van der Waals surface area (Å²) in [5.74, 6) is 0.0907. The van der Waals surface area contributed by atoms with Gasteiger partial charge in [0.25, 0.3) is 0 Å². The molecule has 5 rings (SSSR count). The van der Waals surface area contributed by atoms with E-state index >= 15 is 0 Å². The van der Waals surface area contributed by atoms with Crippen molar-refractivity contribution >= 4 is 44.9 Å². The van der Waals surface area contributed by atoms with Crippen LogP contribution >= 0.6 is 0 Å². The first-order valence-corrected chi connectivity index (χ1v) is 13.0. The maximum absolute atomic E-state index is 12.9. The number of hydrogen-bond acceptors (Lipinski definition) is 4. The minimum atomic E-state index is -0.0741. The van der Waals surface area contributed by atoms with Gasteiger partial charge in [0.05, 0.1) is 0 Å². The predicted molar refractivity (Wildman–Crippen MR) is 165 cm³/mol. The molecule has 5 nitrogen and oxygen atoms in total. The molecule has 1 aliphatic carbocycles. The zero-order valence-corrected chi connectivity index (χ0v) is 23.7. The van der Waals surface area contributed by atoms with E-state index in [0.29, 0.717) is 23.4 Å². The zero-order valence-electron chi connectivity index (χ0n) is 23.7. The number of fused-ring (bicyclic) bond motifs is 3. The third-order valence-corrected chi connectivity index (χ3v) is 5.64. The first-order chi connectivity index (χ1) is 19.1. The number of aromatic nitrogens is 1. The Morgan fingerprint density at radius 3 is 1.80 bits per heavy atom. The van der Waals surface area contributed by atoms with Gasteiger partial charge in [-0.15, -0.1) is 5.73 Å². The molecule has 0 unspecified atom stereocenters. The summed E-state index contributed by atoms with van der Waals surface area (Å²) in [7, 11) is 0. The fourth-order valence-corrected chi connectivity index (χ4v) is 3.80. The van der Waals surface area contributed by atoms with Crippen molar-refractivity contribution in [3.05, 3.63) is 127 Å². The Labute approximate surface area is 237 Å². The number of carbonyl (C=O) groups excluding carboxylic acids is 3. The molecule has 0 aliphatic heterocycles. The van der Waals surface area contributed by atoms with E-state index in [1.54, 1.807) is 25.5 Å². The van der Waals surface area contributed by atoms with Crippen LogP contribution in [0.5, 0.6) is 0 Å². The number of nitrogens with one attached hydrogen (secondary N) is 1. The summed E-state index contributed by atoms with van der Waals surface area (Å²) in [6.45, 7) is 18.0. The first kappa shape index (κ1) is 31.6. The van der Waals surface area contributed by atoms with Crippen molar-refractivity contribution in [2.24, 2.45) is 0 Å². The van der Waals surface area contributed by atoms with Gasteiger partial charge in [-0.3, -0.25) is 9.59 Å². The molecular weight excluding hydrogens is 496 g/mol. The van der Waals surface area contributed by atoms with Gasteiger partial charge >= 0.3 is 0 Å². The van der Waals surface area contributed by atoms with Crippen LogP contribution in [-0.4, -0.2) is 27.6 Å². The summed E-state index contributed by atoms with van der Waals surface area (Å²) < 4.78 is 2.14. The molecule has 3 aromatic carbocycles. The summed E-state index contributed by atoms with van der Waals surface area (Å²) in [4.78, 5) is 32.3. The monoisotopic (exact) mass is 531 g/mol. The van der Waals surface area contributed by atoms with E-state index in [1.165, 1.54) is 13.8 Å². The minimum absolute atomic E-state index is 0.00187. The van der Waals surface area contributed by atoms with Gasteiger partial charge in [-0.25, -0.2) is 0 Å². The van der Waals surface area contributed by atoms with Crippen molar-refractivity contribution in [2.45, 2.75) is 41.2 Å². The molecule has 1 N–H and O–H groups in total. The third-order valence-electron chi connectivity index (χ3n) is 5.64. The number of hydrogen-bond donors (Lipinski definition) is 1. The molecule has 1 aromatic heterocycles. The zero-order chi connectivity index (χ0) is 29.8. The molecule has 0 amide bonds. The van der Waals surface area contributed by atoms with Crippen LogP contribution in [0.3, 0.4) is 0 Å². The second kappa shape index (κ2) is 15.1. The number of allylic oxidation sites excluding steroid dienone is 3. The van der Waals surface area contributed by atoms with Crippen molar-refractivity contribution in [3.63, 3.8) is 0 Å². The maximum atomic E-state index is 12.9. The summed E-state index contributed by atoms with van der Waals surface area (Å²) >= 11 is 0. The number of rotatable bonds is 6. The molecule has 3 radical (unpaired) electrons. The summed E-state index contributed by atoms with van der Waals surface area (Å²) in [6.07, 6.45) is 5.27. The van der Waals surface area contributed by atoms with Crippen molar-refractivity contribution < 1.29 is 14.4 Å². The molecular formula is C35H35N2O3.